The normalized spacial score (nSPS) is 20.0. The molecule has 0 saturated carbocycles. The van der Waals surface area contributed by atoms with Gasteiger partial charge >= 0.3 is 0 Å². The molecule has 2 heterocycles. The Labute approximate surface area is 101 Å². The van der Waals surface area contributed by atoms with Gasteiger partial charge in [0.2, 0.25) is 0 Å². The Morgan fingerprint density at radius 1 is 1.35 bits per heavy atom. The third-order valence-electron chi connectivity index (χ3n) is 3.12. The Bertz CT molecular complexity index is 526. The van der Waals surface area contributed by atoms with Crippen LogP contribution in [0.5, 0.6) is 0 Å². The highest BCUT2D eigenvalue weighted by atomic mass is 32.2. The maximum absolute atomic E-state index is 11.7. The first-order valence-corrected chi connectivity index (χ1v) is 7.51. The van der Waals surface area contributed by atoms with E-state index in [0.717, 1.165) is 11.3 Å². The van der Waals surface area contributed by atoms with Crippen molar-refractivity contribution >= 4 is 9.84 Å². The number of nitrogens with two attached hydrogens (primary N) is 1. The lowest BCUT2D eigenvalue weighted by Gasteiger charge is -2.22. The monoisotopic (exact) mass is 255 g/mol. The zero-order chi connectivity index (χ0) is 12.6. The summed E-state index contributed by atoms with van der Waals surface area (Å²) in [5.41, 5.74) is 8.31. The SMILES string of the molecule is CC(C)C(N)c1ncnc2c1CS(=O)(=O)CC2. The highest BCUT2D eigenvalue weighted by Crippen LogP contribution is 2.27. The molecule has 1 aliphatic rings. The van der Waals surface area contributed by atoms with Crippen molar-refractivity contribution in [3.63, 3.8) is 0 Å². The van der Waals surface area contributed by atoms with Crippen molar-refractivity contribution in [3.8, 4) is 0 Å². The maximum Gasteiger partial charge on any atom is 0.154 e. The molecule has 0 radical (unpaired) electrons. The second kappa shape index (κ2) is 4.34. The van der Waals surface area contributed by atoms with Crippen LogP contribution in [0.15, 0.2) is 6.33 Å². The van der Waals surface area contributed by atoms with Crippen LogP contribution in [0.25, 0.3) is 0 Å². The Hall–Kier alpha value is -1.01. The first-order valence-electron chi connectivity index (χ1n) is 5.69. The molecule has 0 saturated heterocycles. The fourth-order valence-electron chi connectivity index (χ4n) is 1.98. The molecule has 6 heteroatoms. The molecule has 0 aliphatic carbocycles. The summed E-state index contributed by atoms with van der Waals surface area (Å²) in [4.78, 5) is 8.33. The first kappa shape index (κ1) is 12.4. The molecule has 1 unspecified atom stereocenters. The largest absolute Gasteiger partial charge is 0.322 e. The molecule has 0 bridgehead atoms. The Morgan fingerprint density at radius 3 is 2.71 bits per heavy atom. The summed E-state index contributed by atoms with van der Waals surface area (Å²) >= 11 is 0. The number of sulfone groups is 1. The minimum absolute atomic E-state index is 0.0267. The number of hydrogen-bond acceptors (Lipinski definition) is 5. The van der Waals surface area contributed by atoms with Gasteiger partial charge in [-0.15, -0.1) is 0 Å². The lowest BCUT2D eigenvalue weighted by molar-refractivity contribution is 0.496. The van der Waals surface area contributed by atoms with E-state index in [-0.39, 0.29) is 23.5 Å². The minimum atomic E-state index is -3.01. The van der Waals surface area contributed by atoms with Crippen molar-refractivity contribution in [1.29, 1.82) is 0 Å². The van der Waals surface area contributed by atoms with Gasteiger partial charge in [0.1, 0.15) is 6.33 Å². The summed E-state index contributed by atoms with van der Waals surface area (Å²) in [6, 6.07) is -0.236. The van der Waals surface area contributed by atoms with Gasteiger partial charge in [0.25, 0.3) is 0 Å². The zero-order valence-electron chi connectivity index (χ0n) is 10.0. The molecule has 2 N–H and O–H groups in total. The summed E-state index contributed by atoms with van der Waals surface area (Å²) in [7, 11) is -3.01. The highest BCUT2D eigenvalue weighted by molar-refractivity contribution is 7.90. The fraction of sp³-hybridized carbons (Fsp3) is 0.636. The molecule has 94 valence electrons. The summed E-state index contributed by atoms with van der Waals surface area (Å²) in [5.74, 6) is 0.422. The first-order chi connectivity index (χ1) is 7.91. The number of hydrogen-bond donors (Lipinski definition) is 1. The van der Waals surface area contributed by atoms with E-state index in [1.807, 2.05) is 13.8 Å². The summed E-state index contributed by atoms with van der Waals surface area (Å²) in [6.07, 6.45) is 1.95. The van der Waals surface area contributed by atoms with E-state index in [4.69, 9.17) is 5.73 Å². The Balaban J connectivity index is 2.49. The van der Waals surface area contributed by atoms with Crippen molar-refractivity contribution in [2.75, 3.05) is 5.75 Å². The number of aryl methyl sites for hydroxylation is 1. The van der Waals surface area contributed by atoms with Crippen LogP contribution in [0.1, 0.15) is 36.8 Å². The molecule has 0 amide bonds. The molecule has 0 aromatic carbocycles. The fourth-order valence-corrected chi connectivity index (χ4v) is 3.39. The smallest absolute Gasteiger partial charge is 0.154 e. The summed E-state index contributed by atoms with van der Waals surface area (Å²) < 4.78 is 23.3. The van der Waals surface area contributed by atoms with Crippen LogP contribution in [-0.2, 0) is 22.0 Å². The van der Waals surface area contributed by atoms with E-state index in [9.17, 15) is 8.42 Å². The van der Waals surface area contributed by atoms with E-state index in [1.165, 1.54) is 6.33 Å². The van der Waals surface area contributed by atoms with Gasteiger partial charge in [-0.1, -0.05) is 13.8 Å². The Kier molecular flexibility index (Phi) is 3.18. The number of nitrogens with zero attached hydrogens (tertiary/aromatic N) is 2. The topological polar surface area (TPSA) is 85.9 Å². The average Bonchev–Trinajstić information content (AvgIpc) is 2.26. The van der Waals surface area contributed by atoms with Gasteiger partial charge in [0.05, 0.1) is 17.2 Å². The minimum Gasteiger partial charge on any atom is -0.322 e. The summed E-state index contributed by atoms with van der Waals surface area (Å²) in [5, 5.41) is 0. The number of aromatic nitrogens is 2. The van der Waals surface area contributed by atoms with Crippen LogP contribution in [-0.4, -0.2) is 24.1 Å². The molecule has 1 aliphatic heterocycles. The lowest BCUT2D eigenvalue weighted by Crippen LogP contribution is -2.27. The van der Waals surface area contributed by atoms with Crippen molar-refractivity contribution in [3.05, 3.63) is 23.3 Å². The second-order valence-corrected chi connectivity index (χ2v) is 6.98. The third kappa shape index (κ3) is 2.47. The van der Waals surface area contributed by atoms with Crippen molar-refractivity contribution in [2.24, 2.45) is 11.7 Å². The van der Waals surface area contributed by atoms with Gasteiger partial charge in [-0.25, -0.2) is 18.4 Å². The van der Waals surface area contributed by atoms with Gasteiger partial charge in [0, 0.05) is 23.7 Å². The summed E-state index contributed by atoms with van der Waals surface area (Å²) in [6.45, 7) is 3.99. The van der Waals surface area contributed by atoms with Gasteiger partial charge in [-0.3, -0.25) is 0 Å². The molecule has 2 rings (SSSR count). The third-order valence-corrected chi connectivity index (χ3v) is 4.67. The molecule has 5 nitrogen and oxygen atoms in total. The van der Waals surface area contributed by atoms with E-state index >= 15 is 0 Å². The van der Waals surface area contributed by atoms with Gasteiger partial charge in [0.15, 0.2) is 9.84 Å². The molecule has 1 atom stereocenters. The van der Waals surface area contributed by atoms with Gasteiger partial charge in [-0.2, -0.15) is 0 Å². The van der Waals surface area contributed by atoms with Crippen LogP contribution in [0.4, 0.5) is 0 Å². The predicted octanol–water partition coefficient (Wildman–Crippen LogP) is 0.603. The molecule has 1 aromatic rings. The van der Waals surface area contributed by atoms with Gasteiger partial charge in [-0.05, 0) is 5.92 Å². The maximum atomic E-state index is 11.7. The molecule has 1 aromatic heterocycles. The van der Waals surface area contributed by atoms with E-state index in [1.54, 1.807) is 0 Å². The molecule has 0 spiro atoms. The van der Waals surface area contributed by atoms with Crippen molar-refractivity contribution in [1.82, 2.24) is 9.97 Å². The van der Waals surface area contributed by atoms with E-state index < -0.39 is 9.84 Å². The van der Waals surface area contributed by atoms with Crippen molar-refractivity contribution in [2.45, 2.75) is 32.1 Å². The lowest BCUT2D eigenvalue weighted by atomic mass is 9.97. The van der Waals surface area contributed by atoms with Crippen LogP contribution < -0.4 is 5.73 Å². The van der Waals surface area contributed by atoms with Crippen LogP contribution in [0.2, 0.25) is 0 Å². The van der Waals surface area contributed by atoms with Crippen molar-refractivity contribution < 1.29 is 8.42 Å². The van der Waals surface area contributed by atoms with Crippen LogP contribution in [0.3, 0.4) is 0 Å². The molecular formula is C11H17N3O2S. The van der Waals surface area contributed by atoms with Crippen LogP contribution in [0, 0.1) is 5.92 Å². The Morgan fingerprint density at radius 2 is 2.06 bits per heavy atom. The molecular weight excluding hydrogens is 238 g/mol. The highest BCUT2D eigenvalue weighted by Gasteiger charge is 2.27. The quantitative estimate of drug-likeness (QED) is 0.836. The molecule has 17 heavy (non-hydrogen) atoms. The number of rotatable bonds is 2. The number of fused-ring (bicyclic) bond motifs is 1. The van der Waals surface area contributed by atoms with E-state index in [2.05, 4.69) is 9.97 Å². The molecule has 0 fully saturated rings. The van der Waals surface area contributed by atoms with Crippen LogP contribution >= 0.6 is 0 Å². The predicted molar refractivity (Wildman–Crippen MR) is 65.0 cm³/mol. The second-order valence-electron chi connectivity index (χ2n) is 4.80. The van der Waals surface area contributed by atoms with Gasteiger partial charge < -0.3 is 5.73 Å². The van der Waals surface area contributed by atoms with E-state index in [0.29, 0.717) is 12.1 Å². The standard InChI is InChI=1S/C11H17N3O2S/c1-7(2)10(12)11-8-5-17(15,16)4-3-9(8)13-6-14-11/h6-7,10H,3-5,12H2,1-2H3. The average molecular weight is 255 g/mol. The zero-order valence-corrected chi connectivity index (χ0v) is 10.9.